The molecule has 4 aromatic rings. The lowest BCUT2D eigenvalue weighted by Crippen LogP contribution is -2.24. The van der Waals surface area contributed by atoms with Gasteiger partial charge in [-0.3, -0.25) is 4.79 Å². The fraction of sp³-hybridized carbons (Fsp3) is 0.276. The number of aromatic amines is 1. The molecular weight excluding hydrogens is 464 g/mol. The zero-order valence-corrected chi connectivity index (χ0v) is 21.3. The van der Waals surface area contributed by atoms with Crippen LogP contribution in [0.2, 0.25) is 0 Å². The molecule has 2 aromatic heterocycles. The number of nitriles is 1. The number of fused-ring (bicyclic) bond motifs is 1. The lowest BCUT2D eigenvalue weighted by Gasteiger charge is -2.19. The number of nitrogens with zero attached hydrogens (tertiary/aromatic N) is 4. The second-order valence-electron chi connectivity index (χ2n) is 9.68. The van der Waals surface area contributed by atoms with Gasteiger partial charge in [0.05, 0.1) is 17.3 Å². The maximum atomic E-state index is 12.8. The SMILES string of the molecule is Cc1noc(C2=Cc3cc(-c4nc(C(=O)NCc5ccc(C#N)cc5)[nH]c4C)ccc3C(C)C(C)C2)n1. The maximum Gasteiger partial charge on any atom is 0.287 e. The van der Waals surface area contributed by atoms with Crippen LogP contribution in [-0.2, 0) is 6.54 Å². The molecule has 0 radical (unpaired) electrons. The first-order valence-electron chi connectivity index (χ1n) is 12.3. The van der Waals surface area contributed by atoms with Gasteiger partial charge in [-0.25, -0.2) is 4.98 Å². The standard InChI is InChI=1S/C29H28N6O2/c1-16-11-24(29-33-19(4)35-37-29)13-23-12-22(9-10-25(23)17(16)2)26-18(3)32-27(34-26)28(36)31-15-21-7-5-20(14-30)6-8-21/h5-10,12-13,16-17H,11,15H2,1-4H3,(H,31,36)(H,32,34). The van der Waals surface area contributed by atoms with E-state index in [9.17, 15) is 4.79 Å². The van der Waals surface area contributed by atoms with E-state index in [1.165, 1.54) is 5.56 Å². The Hall–Kier alpha value is -4.51. The van der Waals surface area contributed by atoms with Gasteiger partial charge < -0.3 is 14.8 Å². The van der Waals surface area contributed by atoms with E-state index in [1.54, 1.807) is 12.1 Å². The summed E-state index contributed by atoms with van der Waals surface area (Å²) in [5.41, 5.74) is 7.35. The minimum atomic E-state index is -0.287. The van der Waals surface area contributed by atoms with Gasteiger partial charge >= 0.3 is 0 Å². The summed E-state index contributed by atoms with van der Waals surface area (Å²) in [7, 11) is 0. The Balaban J connectivity index is 1.41. The highest BCUT2D eigenvalue weighted by Crippen LogP contribution is 2.40. The highest BCUT2D eigenvalue weighted by molar-refractivity contribution is 5.91. The summed E-state index contributed by atoms with van der Waals surface area (Å²) in [6.07, 6.45) is 2.98. The monoisotopic (exact) mass is 492 g/mol. The molecule has 0 fully saturated rings. The number of carbonyl (C=O) groups excluding carboxylic acids is 1. The molecule has 2 N–H and O–H groups in total. The fourth-order valence-electron chi connectivity index (χ4n) is 4.73. The van der Waals surface area contributed by atoms with E-state index < -0.39 is 0 Å². The third-order valence-electron chi connectivity index (χ3n) is 7.01. The van der Waals surface area contributed by atoms with Crippen molar-refractivity contribution in [2.75, 3.05) is 0 Å². The molecule has 8 nitrogen and oxygen atoms in total. The van der Waals surface area contributed by atoms with Gasteiger partial charge in [0.15, 0.2) is 11.6 Å². The van der Waals surface area contributed by atoms with E-state index in [1.807, 2.05) is 26.0 Å². The fourth-order valence-corrected chi connectivity index (χ4v) is 4.73. The van der Waals surface area contributed by atoms with Gasteiger partial charge in [0.1, 0.15) is 0 Å². The van der Waals surface area contributed by atoms with E-state index in [2.05, 4.69) is 69.6 Å². The summed E-state index contributed by atoms with van der Waals surface area (Å²) >= 11 is 0. The average molecular weight is 493 g/mol. The van der Waals surface area contributed by atoms with Crippen LogP contribution in [-0.4, -0.2) is 26.0 Å². The van der Waals surface area contributed by atoms with Crippen molar-refractivity contribution in [3.05, 3.63) is 88.0 Å². The normalized spacial score (nSPS) is 16.9. The molecule has 5 rings (SSSR count). The van der Waals surface area contributed by atoms with Gasteiger partial charge in [0.25, 0.3) is 11.8 Å². The topological polar surface area (TPSA) is 120 Å². The summed E-state index contributed by atoms with van der Waals surface area (Å²) in [5.74, 6) is 1.91. The van der Waals surface area contributed by atoms with E-state index in [0.29, 0.717) is 35.7 Å². The van der Waals surface area contributed by atoms with Crippen LogP contribution in [0.25, 0.3) is 22.9 Å². The van der Waals surface area contributed by atoms with Crippen molar-refractivity contribution in [1.29, 1.82) is 5.26 Å². The van der Waals surface area contributed by atoms with Crippen LogP contribution in [0, 0.1) is 31.1 Å². The molecule has 2 atom stereocenters. The minimum Gasteiger partial charge on any atom is -0.345 e. The summed E-state index contributed by atoms with van der Waals surface area (Å²) in [4.78, 5) is 25.0. The summed E-state index contributed by atoms with van der Waals surface area (Å²) in [6, 6.07) is 15.6. The van der Waals surface area contributed by atoms with Crippen LogP contribution in [0.5, 0.6) is 0 Å². The predicted octanol–water partition coefficient (Wildman–Crippen LogP) is 5.56. The van der Waals surface area contributed by atoms with E-state index in [4.69, 9.17) is 9.78 Å². The highest BCUT2D eigenvalue weighted by atomic mass is 16.5. The van der Waals surface area contributed by atoms with Gasteiger partial charge in [-0.15, -0.1) is 0 Å². The van der Waals surface area contributed by atoms with Crippen LogP contribution < -0.4 is 5.32 Å². The smallest absolute Gasteiger partial charge is 0.287 e. The van der Waals surface area contributed by atoms with Crippen LogP contribution in [0.1, 0.15) is 76.5 Å². The quantitative estimate of drug-likeness (QED) is 0.376. The minimum absolute atomic E-state index is 0.260. The number of aromatic nitrogens is 4. The van der Waals surface area contributed by atoms with Gasteiger partial charge in [0.2, 0.25) is 0 Å². The van der Waals surface area contributed by atoms with Gasteiger partial charge in [0, 0.05) is 23.4 Å². The zero-order chi connectivity index (χ0) is 26.1. The van der Waals surface area contributed by atoms with E-state index in [-0.39, 0.29) is 11.7 Å². The lowest BCUT2D eigenvalue weighted by atomic mass is 9.85. The third-order valence-corrected chi connectivity index (χ3v) is 7.01. The average Bonchev–Trinajstić information content (AvgIpc) is 3.49. The molecule has 0 aliphatic heterocycles. The maximum absolute atomic E-state index is 12.8. The molecule has 186 valence electrons. The molecule has 1 aliphatic carbocycles. The number of rotatable bonds is 5. The number of aryl methyl sites for hydroxylation is 2. The molecule has 2 heterocycles. The number of carbonyl (C=O) groups is 1. The molecule has 1 amide bonds. The third kappa shape index (κ3) is 4.94. The Bertz CT molecular complexity index is 1540. The highest BCUT2D eigenvalue weighted by Gasteiger charge is 2.25. The number of imidazole rings is 1. The second kappa shape index (κ2) is 9.86. The number of hydrogen-bond acceptors (Lipinski definition) is 6. The predicted molar refractivity (Wildman–Crippen MR) is 140 cm³/mol. The van der Waals surface area contributed by atoms with Crippen molar-refractivity contribution in [2.24, 2.45) is 5.92 Å². The molecule has 2 unspecified atom stereocenters. The summed E-state index contributed by atoms with van der Waals surface area (Å²) in [5, 5.41) is 15.8. The number of allylic oxidation sites excluding steroid dienone is 1. The molecule has 0 saturated carbocycles. The molecular formula is C29H28N6O2. The molecule has 8 heteroatoms. The Labute approximate surface area is 215 Å². The van der Waals surface area contributed by atoms with Gasteiger partial charge in [-0.2, -0.15) is 10.2 Å². The number of H-pyrrole nitrogens is 1. The second-order valence-corrected chi connectivity index (χ2v) is 9.68. The molecule has 0 bridgehead atoms. The van der Waals surface area contributed by atoms with E-state index in [0.717, 1.165) is 40.1 Å². The zero-order valence-electron chi connectivity index (χ0n) is 21.3. The van der Waals surface area contributed by atoms with Crippen molar-refractivity contribution >= 4 is 17.6 Å². The molecule has 0 saturated heterocycles. The number of amides is 1. The number of nitrogens with one attached hydrogen (secondary N) is 2. The van der Waals surface area contributed by atoms with Crippen LogP contribution in [0.15, 0.2) is 47.0 Å². The summed E-state index contributed by atoms with van der Waals surface area (Å²) in [6.45, 7) is 8.57. The molecule has 0 spiro atoms. The van der Waals surface area contributed by atoms with Crippen molar-refractivity contribution in [3.8, 4) is 17.3 Å². The first-order valence-corrected chi connectivity index (χ1v) is 12.3. The Morgan fingerprint density at radius 1 is 1.16 bits per heavy atom. The van der Waals surface area contributed by atoms with Crippen LogP contribution >= 0.6 is 0 Å². The van der Waals surface area contributed by atoms with E-state index >= 15 is 0 Å². The van der Waals surface area contributed by atoms with Crippen LogP contribution in [0.3, 0.4) is 0 Å². The van der Waals surface area contributed by atoms with Crippen molar-refractivity contribution in [1.82, 2.24) is 25.4 Å². The van der Waals surface area contributed by atoms with Crippen molar-refractivity contribution in [2.45, 2.75) is 46.6 Å². The number of hydrogen-bond donors (Lipinski definition) is 2. The molecule has 2 aromatic carbocycles. The van der Waals surface area contributed by atoms with Crippen molar-refractivity contribution in [3.63, 3.8) is 0 Å². The molecule has 1 aliphatic rings. The first kappa shape index (κ1) is 24.2. The van der Waals surface area contributed by atoms with Crippen LogP contribution in [0.4, 0.5) is 0 Å². The Morgan fingerprint density at radius 2 is 1.95 bits per heavy atom. The lowest BCUT2D eigenvalue weighted by molar-refractivity contribution is 0.0941. The van der Waals surface area contributed by atoms with Gasteiger partial charge in [-0.1, -0.05) is 43.3 Å². The number of benzene rings is 2. The Kier molecular flexibility index (Phi) is 6.45. The largest absolute Gasteiger partial charge is 0.345 e. The molecule has 37 heavy (non-hydrogen) atoms. The summed E-state index contributed by atoms with van der Waals surface area (Å²) < 4.78 is 5.48. The van der Waals surface area contributed by atoms with Crippen molar-refractivity contribution < 1.29 is 9.32 Å². The Morgan fingerprint density at radius 3 is 2.65 bits per heavy atom. The van der Waals surface area contributed by atoms with Gasteiger partial charge in [-0.05, 0) is 73.1 Å². The first-order chi connectivity index (χ1) is 17.8.